The van der Waals surface area contributed by atoms with Crippen LogP contribution in [-0.4, -0.2) is 47.7 Å². The van der Waals surface area contributed by atoms with E-state index in [1.165, 1.54) is 11.1 Å². The van der Waals surface area contributed by atoms with E-state index in [0.717, 1.165) is 42.9 Å². The second kappa shape index (κ2) is 11.7. The van der Waals surface area contributed by atoms with Gasteiger partial charge in [0.1, 0.15) is 5.75 Å². The van der Waals surface area contributed by atoms with E-state index in [0.29, 0.717) is 17.4 Å². The molecule has 0 fully saturated rings. The number of guanidine groups is 1. The van der Waals surface area contributed by atoms with E-state index in [4.69, 9.17) is 4.74 Å². The van der Waals surface area contributed by atoms with Crippen molar-refractivity contribution in [2.45, 2.75) is 31.6 Å². The summed E-state index contributed by atoms with van der Waals surface area (Å²) in [5, 5.41) is 6.40. The normalized spacial score (nSPS) is 13.2. The number of halogens is 1. The molecule has 0 bridgehead atoms. The first-order valence-corrected chi connectivity index (χ1v) is 11.6. The number of ether oxygens (including phenoxy) is 1. The number of aryl methyl sites for hydroxylation is 2. The van der Waals surface area contributed by atoms with Crippen LogP contribution in [0.25, 0.3) is 0 Å². The van der Waals surface area contributed by atoms with Crippen LogP contribution in [0.5, 0.6) is 5.75 Å². The van der Waals surface area contributed by atoms with Gasteiger partial charge in [0.15, 0.2) is 5.96 Å². The van der Waals surface area contributed by atoms with E-state index in [9.17, 15) is 8.42 Å². The number of fused-ring (bicyclic) bond motifs is 1. The molecule has 9 heteroatoms. The highest BCUT2D eigenvalue weighted by Crippen LogP contribution is 2.25. The Bertz CT molecular complexity index is 1030. The molecule has 2 aromatic rings. The third-order valence-electron chi connectivity index (χ3n) is 5.03. The fraction of sp³-hybridized carbons (Fsp3) is 0.409. The van der Waals surface area contributed by atoms with E-state index in [2.05, 4.69) is 32.5 Å². The van der Waals surface area contributed by atoms with Crippen molar-refractivity contribution in [1.82, 2.24) is 15.4 Å². The van der Waals surface area contributed by atoms with E-state index in [1.807, 2.05) is 25.1 Å². The van der Waals surface area contributed by atoms with E-state index >= 15 is 0 Å². The van der Waals surface area contributed by atoms with Gasteiger partial charge in [0, 0.05) is 33.1 Å². The summed E-state index contributed by atoms with van der Waals surface area (Å²) in [7, 11) is -1.84. The lowest BCUT2D eigenvalue weighted by Gasteiger charge is -2.13. The molecular weight excluding hydrogens is 527 g/mol. The first-order valence-electron chi connectivity index (χ1n) is 10.1. The van der Waals surface area contributed by atoms with Crippen LogP contribution in [0.3, 0.4) is 0 Å². The predicted molar refractivity (Wildman–Crippen MR) is 135 cm³/mol. The van der Waals surface area contributed by atoms with Crippen molar-refractivity contribution >= 4 is 40.0 Å². The lowest BCUT2D eigenvalue weighted by atomic mass is 10.1. The SMILES string of the molecule is CN=C(NCCNS(=O)(=O)c1cc(C)ccc1C)NCCc1ccc2c(c1)CCO2.I. The van der Waals surface area contributed by atoms with Crippen LogP contribution in [0.1, 0.15) is 22.3 Å². The lowest BCUT2D eigenvalue weighted by molar-refractivity contribution is 0.357. The topological polar surface area (TPSA) is 91.8 Å². The molecule has 0 unspecified atom stereocenters. The highest BCUT2D eigenvalue weighted by Gasteiger charge is 2.16. The summed E-state index contributed by atoms with van der Waals surface area (Å²) in [5.41, 5.74) is 4.17. The largest absolute Gasteiger partial charge is 0.493 e. The molecule has 7 nitrogen and oxygen atoms in total. The van der Waals surface area contributed by atoms with Crippen molar-refractivity contribution in [2.75, 3.05) is 33.3 Å². The summed E-state index contributed by atoms with van der Waals surface area (Å²) in [6.07, 6.45) is 1.84. The van der Waals surface area contributed by atoms with Crippen LogP contribution in [0.4, 0.5) is 0 Å². The molecule has 0 spiro atoms. The average Bonchev–Trinajstić information content (AvgIpc) is 3.19. The Hall–Kier alpha value is -1.85. The summed E-state index contributed by atoms with van der Waals surface area (Å²) in [6.45, 7) is 5.87. The molecule has 3 rings (SSSR count). The van der Waals surface area contributed by atoms with E-state index in [-0.39, 0.29) is 30.5 Å². The van der Waals surface area contributed by atoms with Crippen molar-refractivity contribution in [2.24, 2.45) is 4.99 Å². The van der Waals surface area contributed by atoms with Crippen LogP contribution in [0, 0.1) is 13.8 Å². The Morgan fingerprint density at radius 3 is 2.61 bits per heavy atom. The molecule has 1 heterocycles. The number of benzene rings is 2. The number of nitrogens with one attached hydrogen (secondary N) is 3. The molecule has 0 aromatic heterocycles. The maximum absolute atomic E-state index is 12.5. The van der Waals surface area contributed by atoms with Gasteiger partial charge in [-0.2, -0.15) is 0 Å². The number of rotatable bonds is 8. The van der Waals surface area contributed by atoms with Gasteiger partial charge < -0.3 is 15.4 Å². The lowest BCUT2D eigenvalue weighted by Crippen LogP contribution is -2.42. The zero-order valence-corrected chi connectivity index (χ0v) is 21.3. The molecule has 3 N–H and O–H groups in total. The second-order valence-corrected chi connectivity index (χ2v) is 9.12. The Kier molecular flexibility index (Phi) is 9.57. The number of aliphatic imine (C=N–C) groups is 1. The molecule has 0 atom stereocenters. The van der Waals surface area contributed by atoms with Gasteiger partial charge in [-0.3, -0.25) is 4.99 Å². The maximum atomic E-state index is 12.5. The molecule has 0 aliphatic carbocycles. The molecule has 1 aliphatic heterocycles. The highest BCUT2D eigenvalue weighted by atomic mass is 127. The molecule has 0 saturated heterocycles. The summed E-state index contributed by atoms with van der Waals surface area (Å²) >= 11 is 0. The Balaban J connectivity index is 0.00000341. The van der Waals surface area contributed by atoms with Crippen LogP contribution in [0.15, 0.2) is 46.3 Å². The van der Waals surface area contributed by atoms with Crippen molar-refractivity contribution in [3.05, 3.63) is 58.7 Å². The van der Waals surface area contributed by atoms with Crippen LogP contribution in [0.2, 0.25) is 0 Å². The van der Waals surface area contributed by atoms with Crippen LogP contribution < -0.4 is 20.1 Å². The van der Waals surface area contributed by atoms with Crippen molar-refractivity contribution < 1.29 is 13.2 Å². The fourth-order valence-electron chi connectivity index (χ4n) is 3.38. The third-order valence-corrected chi connectivity index (χ3v) is 6.63. The van der Waals surface area contributed by atoms with Gasteiger partial charge in [-0.15, -0.1) is 24.0 Å². The molecule has 2 aromatic carbocycles. The Morgan fingerprint density at radius 2 is 1.84 bits per heavy atom. The van der Waals surface area contributed by atoms with Crippen molar-refractivity contribution in [1.29, 1.82) is 0 Å². The van der Waals surface area contributed by atoms with Gasteiger partial charge >= 0.3 is 0 Å². The van der Waals surface area contributed by atoms with E-state index in [1.54, 1.807) is 20.0 Å². The van der Waals surface area contributed by atoms with Crippen LogP contribution in [-0.2, 0) is 22.9 Å². The number of sulfonamides is 1. The number of nitrogens with zero attached hydrogens (tertiary/aromatic N) is 1. The summed E-state index contributed by atoms with van der Waals surface area (Å²) in [5.74, 6) is 1.64. The predicted octanol–water partition coefficient (Wildman–Crippen LogP) is 2.54. The smallest absolute Gasteiger partial charge is 0.240 e. The molecule has 0 radical (unpaired) electrons. The zero-order chi connectivity index (χ0) is 21.6. The van der Waals surface area contributed by atoms with Crippen molar-refractivity contribution in [3.63, 3.8) is 0 Å². The monoisotopic (exact) mass is 558 g/mol. The summed E-state index contributed by atoms with van der Waals surface area (Å²) in [4.78, 5) is 4.52. The molecular formula is C22H31IN4O3S. The second-order valence-electron chi connectivity index (χ2n) is 7.38. The van der Waals surface area contributed by atoms with Gasteiger partial charge in [-0.25, -0.2) is 13.1 Å². The quantitative estimate of drug-likeness (QED) is 0.201. The molecule has 1 aliphatic rings. The Morgan fingerprint density at radius 1 is 1.06 bits per heavy atom. The van der Waals surface area contributed by atoms with E-state index < -0.39 is 10.0 Å². The minimum absolute atomic E-state index is 0. The fourth-order valence-corrected chi connectivity index (χ4v) is 4.74. The highest BCUT2D eigenvalue weighted by molar-refractivity contribution is 14.0. The minimum atomic E-state index is -3.54. The molecule has 0 amide bonds. The van der Waals surface area contributed by atoms with Gasteiger partial charge in [-0.05, 0) is 54.7 Å². The summed E-state index contributed by atoms with van der Waals surface area (Å²) in [6, 6.07) is 11.7. The number of hydrogen-bond acceptors (Lipinski definition) is 4. The summed E-state index contributed by atoms with van der Waals surface area (Å²) < 4.78 is 33.3. The van der Waals surface area contributed by atoms with Gasteiger partial charge in [0.05, 0.1) is 11.5 Å². The minimum Gasteiger partial charge on any atom is -0.493 e. The van der Waals surface area contributed by atoms with Crippen LogP contribution >= 0.6 is 24.0 Å². The number of hydrogen-bond donors (Lipinski definition) is 3. The molecule has 0 saturated carbocycles. The molecule has 170 valence electrons. The first-order chi connectivity index (χ1) is 14.4. The van der Waals surface area contributed by atoms with Gasteiger partial charge in [-0.1, -0.05) is 24.3 Å². The third kappa shape index (κ3) is 7.08. The Labute approximate surface area is 202 Å². The maximum Gasteiger partial charge on any atom is 0.240 e. The van der Waals surface area contributed by atoms with Gasteiger partial charge in [0.25, 0.3) is 0 Å². The average molecular weight is 558 g/mol. The van der Waals surface area contributed by atoms with Gasteiger partial charge in [0.2, 0.25) is 10.0 Å². The zero-order valence-electron chi connectivity index (χ0n) is 18.2. The standard InChI is InChI=1S/C22H30N4O3S.HI/c1-16-4-5-17(2)21(14-16)30(27,28)26-12-11-25-22(23-3)24-10-8-18-6-7-20-19(15-18)9-13-29-20;/h4-7,14-15,26H,8-13H2,1-3H3,(H2,23,24,25);1H. The molecule has 31 heavy (non-hydrogen) atoms. The van der Waals surface area contributed by atoms with Crippen molar-refractivity contribution in [3.8, 4) is 5.75 Å². The first kappa shape index (κ1) is 25.4.